The average molecular weight is 409 g/mol. The Kier molecular flexibility index (Phi) is 5.86. The summed E-state index contributed by atoms with van der Waals surface area (Å²) < 4.78 is 5.37. The molecule has 2 aromatic carbocycles. The lowest BCUT2D eigenvalue weighted by molar-refractivity contribution is 0.0884. The summed E-state index contributed by atoms with van der Waals surface area (Å²) in [6.07, 6.45) is 3.47. The Morgan fingerprint density at radius 2 is 1.93 bits per heavy atom. The van der Waals surface area contributed by atoms with Crippen molar-refractivity contribution in [2.24, 2.45) is 11.8 Å². The van der Waals surface area contributed by atoms with Crippen LogP contribution in [0.15, 0.2) is 58.3 Å². The van der Waals surface area contributed by atoms with Crippen LogP contribution in [0.2, 0.25) is 0 Å². The van der Waals surface area contributed by atoms with Crippen LogP contribution in [0.1, 0.15) is 43.6 Å². The van der Waals surface area contributed by atoms with Crippen LogP contribution in [0.5, 0.6) is 5.75 Å². The fourth-order valence-electron chi connectivity index (χ4n) is 4.18. The Morgan fingerprint density at radius 1 is 1.14 bits per heavy atom. The number of carbonyl (C=O) groups excluding carboxylic acids is 1. The van der Waals surface area contributed by atoms with Crippen molar-refractivity contribution < 1.29 is 9.53 Å². The number of methoxy groups -OCH3 is 1. The maximum atomic E-state index is 13.3. The molecule has 0 bridgehead atoms. The van der Waals surface area contributed by atoms with Crippen LogP contribution in [0.3, 0.4) is 0 Å². The van der Waals surface area contributed by atoms with Gasteiger partial charge in [-0.3, -0.25) is 4.79 Å². The van der Waals surface area contributed by atoms with Gasteiger partial charge in [-0.15, -0.1) is 0 Å². The van der Waals surface area contributed by atoms with Crippen molar-refractivity contribution in [1.29, 1.82) is 0 Å². The normalized spacial score (nSPS) is 21.8. The molecule has 29 heavy (non-hydrogen) atoms. The number of H-pyrrole nitrogens is 1. The molecule has 0 unspecified atom stereocenters. The second-order valence-electron chi connectivity index (χ2n) is 8.00. The predicted molar refractivity (Wildman–Crippen MR) is 119 cm³/mol. The van der Waals surface area contributed by atoms with Crippen molar-refractivity contribution in [2.75, 3.05) is 7.11 Å². The third-order valence-electron chi connectivity index (χ3n) is 6.17. The zero-order valence-electron chi connectivity index (χ0n) is 17.2. The fraction of sp³-hybridized carbons (Fsp3) is 0.375. The van der Waals surface area contributed by atoms with Crippen LogP contribution < -0.4 is 10.1 Å². The number of fused-ring (bicyclic) bond motifs is 1. The minimum Gasteiger partial charge on any atom is -0.497 e. The predicted octanol–water partition coefficient (Wildman–Crippen LogP) is 5.88. The standard InChI is InChI=1S/C24H28N2O2S/c1-15-8-7-11-20(16(15)2)26-24(27)22-23(29-18-9-5-4-6-10-18)19-13-12-17(28-3)14-21(19)25-22/h4-6,9-10,12-16,20,25H,7-8,11H2,1-3H3,(H,26,27)/t15-,16+,20+/m0/s1. The van der Waals surface area contributed by atoms with E-state index in [2.05, 4.69) is 36.3 Å². The fourth-order valence-corrected chi connectivity index (χ4v) is 5.24. The molecule has 0 radical (unpaired) electrons. The summed E-state index contributed by atoms with van der Waals surface area (Å²) in [5.74, 6) is 1.88. The molecule has 1 fully saturated rings. The molecular formula is C24H28N2O2S. The van der Waals surface area contributed by atoms with Gasteiger partial charge < -0.3 is 15.0 Å². The Labute approximate surface area is 176 Å². The minimum atomic E-state index is -0.0236. The summed E-state index contributed by atoms with van der Waals surface area (Å²) in [6.45, 7) is 4.54. The van der Waals surface area contributed by atoms with Crippen molar-refractivity contribution in [1.82, 2.24) is 10.3 Å². The number of ether oxygens (including phenoxy) is 1. The van der Waals surface area contributed by atoms with Crippen LogP contribution in [0.25, 0.3) is 10.9 Å². The van der Waals surface area contributed by atoms with Gasteiger partial charge in [-0.2, -0.15) is 0 Å². The second kappa shape index (κ2) is 8.54. The number of amides is 1. The second-order valence-corrected chi connectivity index (χ2v) is 9.09. The zero-order chi connectivity index (χ0) is 20.4. The summed E-state index contributed by atoms with van der Waals surface area (Å²) in [5.41, 5.74) is 1.55. The molecule has 3 atom stereocenters. The van der Waals surface area contributed by atoms with E-state index < -0.39 is 0 Å². The number of hydrogen-bond donors (Lipinski definition) is 2. The van der Waals surface area contributed by atoms with E-state index in [9.17, 15) is 4.79 Å². The molecule has 0 saturated heterocycles. The number of benzene rings is 2. The largest absolute Gasteiger partial charge is 0.497 e. The van der Waals surface area contributed by atoms with Gasteiger partial charge in [0.2, 0.25) is 0 Å². The Hall–Kier alpha value is -2.40. The van der Waals surface area contributed by atoms with Crippen molar-refractivity contribution in [2.45, 2.75) is 48.9 Å². The molecule has 2 N–H and O–H groups in total. The lowest BCUT2D eigenvalue weighted by Gasteiger charge is -2.34. The molecule has 1 aliphatic carbocycles. The van der Waals surface area contributed by atoms with E-state index in [4.69, 9.17) is 4.74 Å². The number of carbonyl (C=O) groups is 1. The first-order valence-electron chi connectivity index (χ1n) is 10.3. The molecule has 0 aliphatic heterocycles. The molecule has 1 aromatic heterocycles. The number of nitrogens with one attached hydrogen (secondary N) is 2. The number of aromatic amines is 1. The molecule has 1 saturated carbocycles. The van der Waals surface area contributed by atoms with E-state index in [0.717, 1.165) is 32.9 Å². The van der Waals surface area contributed by atoms with Gasteiger partial charge in [-0.1, -0.05) is 56.7 Å². The van der Waals surface area contributed by atoms with Crippen molar-refractivity contribution in [3.63, 3.8) is 0 Å². The first-order chi connectivity index (χ1) is 14.1. The molecule has 1 heterocycles. The number of hydrogen-bond acceptors (Lipinski definition) is 3. The van der Waals surface area contributed by atoms with E-state index in [1.807, 2.05) is 36.4 Å². The third kappa shape index (κ3) is 4.15. The lowest BCUT2D eigenvalue weighted by atomic mass is 9.78. The number of rotatable bonds is 5. The molecule has 4 rings (SSSR count). The van der Waals surface area contributed by atoms with Gasteiger partial charge >= 0.3 is 0 Å². The highest BCUT2D eigenvalue weighted by Crippen LogP contribution is 2.38. The topological polar surface area (TPSA) is 54.1 Å². The minimum absolute atomic E-state index is 0.0236. The summed E-state index contributed by atoms with van der Waals surface area (Å²) in [4.78, 5) is 18.7. The maximum absolute atomic E-state index is 13.3. The highest BCUT2D eigenvalue weighted by atomic mass is 32.2. The van der Waals surface area contributed by atoms with Crippen LogP contribution in [0, 0.1) is 11.8 Å². The molecule has 152 valence electrons. The van der Waals surface area contributed by atoms with Crippen LogP contribution in [0.4, 0.5) is 0 Å². The molecular weight excluding hydrogens is 380 g/mol. The van der Waals surface area contributed by atoms with E-state index in [1.165, 1.54) is 12.8 Å². The molecule has 1 aliphatic rings. The van der Waals surface area contributed by atoms with Gasteiger partial charge in [0.1, 0.15) is 11.4 Å². The van der Waals surface area contributed by atoms with E-state index in [1.54, 1.807) is 18.9 Å². The third-order valence-corrected chi connectivity index (χ3v) is 7.31. The SMILES string of the molecule is COc1ccc2c(Sc3ccccc3)c(C(=O)N[C@@H]3CCC[C@H](C)[C@H]3C)[nH]c2c1. The van der Waals surface area contributed by atoms with Crippen LogP contribution in [-0.2, 0) is 0 Å². The van der Waals surface area contributed by atoms with Gasteiger partial charge in [-0.25, -0.2) is 0 Å². The Morgan fingerprint density at radius 3 is 2.69 bits per heavy atom. The molecule has 3 aromatic rings. The van der Waals surface area contributed by atoms with Gasteiger partial charge in [0.25, 0.3) is 5.91 Å². The first-order valence-corrected chi connectivity index (χ1v) is 11.1. The smallest absolute Gasteiger partial charge is 0.269 e. The van der Waals surface area contributed by atoms with Crippen molar-refractivity contribution in [3.05, 3.63) is 54.2 Å². The highest BCUT2D eigenvalue weighted by Gasteiger charge is 2.29. The quantitative estimate of drug-likeness (QED) is 0.554. The zero-order valence-corrected chi connectivity index (χ0v) is 18.0. The number of aromatic nitrogens is 1. The Bertz CT molecular complexity index is 999. The summed E-state index contributed by atoms with van der Waals surface area (Å²) >= 11 is 1.62. The summed E-state index contributed by atoms with van der Waals surface area (Å²) in [6, 6.07) is 16.3. The van der Waals surface area contributed by atoms with Crippen LogP contribution >= 0.6 is 11.8 Å². The summed E-state index contributed by atoms with van der Waals surface area (Å²) in [7, 11) is 1.66. The van der Waals surface area contributed by atoms with Crippen molar-refractivity contribution in [3.8, 4) is 5.75 Å². The lowest BCUT2D eigenvalue weighted by Crippen LogP contribution is -2.43. The maximum Gasteiger partial charge on any atom is 0.269 e. The van der Waals surface area contributed by atoms with E-state index in [-0.39, 0.29) is 11.9 Å². The van der Waals surface area contributed by atoms with Gasteiger partial charge in [0.15, 0.2) is 0 Å². The highest BCUT2D eigenvalue weighted by molar-refractivity contribution is 7.99. The molecule has 1 amide bonds. The molecule has 5 heteroatoms. The first kappa shape index (κ1) is 19.9. The average Bonchev–Trinajstić information content (AvgIpc) is 3.09. The van der Waals surface area contributed by atoms with Gasteiger partial charge in [0.05, 0.1) is 17.5 Å². The van der Waals surface area contributed by atoms with Gasteiger partial charge in [0, 0.05) is 22.4 Å². The molecule has 4 nitrogen and oxygen atoms in total. The Balaban J connectivity index is 1.69. The van der Waals surface area contributed by atoms with Crippen LogP contribution in [-0.4, -0.2) is 24.0 Å². The van der Waals surface area contributed by atoms with Crippen molar-refractivity contribution >= 4 is 28.6 Å². The molecule has 0 spiro atoms. The summed E-state index contributed by atoms with van der Waals surface area (Å²) in [5, 5.41) is 4.35. The van der Waals surface area contributed by atoms with E-state index >= 15 is 0 Å². The van der Waals surface area contributed by atoms with E-state index in [0.29, 0.717) is 17.5 Å². The van der Waals surface area contributed by atoms with Gasteiger partial charge in [-0.05, 0) is 42.5 Å². The monoisotopic (exact) mass is 408 g/mol.